The summed E-state index contributed by atoms with van der Waals surface area (Å²) in [6.07, 6.45) is 0.952. The zero-order valence-corrected chi connectivity index (χ0v) is 16.7. The maximum absolute atomic E-state index is 12.6. The van der Waals surface area contributed by atoms with Crippen molar-refractivity contribution >= 4 is 35.0 Å². The van der Waals surface area contributed by atoms with E-state index in [0.29, 0.717) is 21.6 Å². The molecule has 1 amide bonds. The summed E-state index contributed by atoms with van der Waals surface area (Å²) >= 11 is 7.50. The molecule has 0 aliphatic rings. The lowest BCUT2D eigenvalue weighted by Crippen LogP contribution is -2.30. The summed E-state index contributed by atoms with van der Waals surface area (Å²) in [4.78, 5) is 13.4. The van der Waals surface area contributed by atoms with Crippen LogP contribution in [0.3, 0.4) is 0 Å². The number of anilines is 1. The van der Waals surface area contributed by atoms with Gasteiger partial charge in [-0.1, -0.05) is 29.3 Å². The van der Waals surface area contributed by atoms with Crippen molar-refractivity contribution in [3.05, 3.63) is 59.4 Å². The van der Waals surface area contributed by atoms with Crippen LogP contribution in [0, 0.1) is 6.92 Å². The molecular formula is C19H19ClN4O2S. The normalized spacial score (nSPS) is 11.9. The highest BCUT2D eigenvalue weighted by Gasteiger charge is 2.18. The summed E-state index contributed by atoms with van der Waals surface area (Å²) in [5.74, 6) is 0.376. The van der Waals surface area contributed by atoms with Crippen molar-refractivity contribution in [1.82, 2.24) is 14.8 Å². The lowest BCUT2D eigenvalue weighted by molar-refractivity contribution is -0.122. The number of carbonyl (C=O) groups is 1. The Morgan fingerprint density at radius 3 is 2.67 bits per heavy atom. The number of nitrogens with zero attached hydrogens (tertiary/aromatic N) is 3. The summed E-state index contributed by atoms with van der Waals surface area (Å²) < 4.78 is 7.52. The van der Waals surface area contributed by atoms with E-state index in [4.69, 9.17) is 16.3 Å². The Bertz CT molecular complexity index is 943. The number of hydrogen-bond acceptors (Lipinski definition) is 5. The van der Waals surface area contributed by atoms with E-state index in [9.17, 15) is 4.79 Å². The Kier molecular flexibility index (Phi) is 6.03. The van der Waals surface area contributed by atoms with Crippen molar-refractivity contribution in [1.29, 1.82) is 0 Å². The van der Waals surface area contributed by atoms with E-state index in [1.165, 1.54) is 11.8 Å². The standard InChI is InChI=1S/C19H19ClN4O2S/c1-12-4-7-15(8-5-12)26-13(2)18(25)22-16-10-14(20)6-9-17(16)27-19-23-21-11-24(19)3/h4-11,13H,1-3H3,(H,22,25)/t13-/m1/s1. The van der Waals surface area contributed by atoms with Gasteiger partial charge in [0.05, 0.1) is 5.69 Å². The SMILES string of the molecule is Cc1ccc(O[C@H](C)C(=O)Nc2cc(Cl)ccc2Sc2nncn2C)cc1. The molecule has 2 aromatic carbocycles. The van der Waals surface area contributed by atoms with Crippen LogP contribution in [0.4, 0.5) is 5.69 Å². The average Bonchev–Trinajstić information content (AvgIpc) is 3.04. The van der Waals surface area contributed by atoms with Gasteiger partial charge in [-0.3, -0.25) is 4.79 Å². The number of aromatic nitrogens is 3. The van der Waals surface area contributed by atoms with Gasteiger partial charge in [0.25, 0.3) is 5.91 Å². The highest BCUT2D eigenvalue weighted by molar-refractivity contribution is 7.99. The fraction of sp³-hybridized carbons (Fsp3) is 0.211. The Morgan fingerprint density at radius 2 is 2.00 bits per heavy atom. The second kappa shape index (κ2) is 8.45. The van der Waals surface area contributed by atoms with Crippen molar-refractivity contribution in [2.24, 2.45) is 7.05 Å². The van der Waals surface area contributed by atoms with E-state index in [2.05, 4.69) is 15.5 Å². The van der Waals surface area contributed by atoms with Crippen molar-refractivity contribution in [2.45, 2.75) is 30.0 Å². The quantitative estimate of drug-likeness (QED) is 0.664. The Hall–Kier alpha value is -2.51. The number of carbonyl (C=O) groups excluding carboxylic acids is 1. The predicted octanol–water partition coefficient (Wildman–Crippen LogP) is 4.33. The molecule has 1 N–H and O–H groups in total. The zero-order chi connectivity index (χ0) is 19.4. The highest BCUT2D eigenvalue weighted by Crippen LogP contribution is 2.34. The van der Waals surface area contributed by atoms with Crippen LogP contribution in [0.5, 0.6) is 5.75 Å². The van der Waals surface area contributed by atoms with Crippen LogP contribution in [-0.2, 0) is 11.8 Å². The first kappa shape index (κ1) is 19.3. The number of hydrogen-bond donors (Lipinski definition) is 1. The summed E-state index contributed by atoms with van der Waals surface area (Å²) in [6, 6.07) is 12.9. The van der Waals surface area contributed by atoms with Gasteiger partial charge in [-0.2, -0.15) is 0 Å². The molecule has 1 heterocycles. The van der Waals surface area contributed by atoms with Crippen molar-refractivity contribution in [3.63, 3.8) is 0 Å². The topological polar surface area (TPSA) is 69.0 Å². The molecule has 3 aromatic rings. The minimum atomic E-state index is -0.667. The highest BCUT2D eigenvalue weighted by atomic mass is 35.5. The number of halogens is 1. The van der Waals surface area contributed by atoms with E-state index in [0.717, 1.165) is 10.5 Å². The second-order valence-corrected chi connectivity index (χ2v) is 7.47. The first-order valence-electron chi connectivity index (χ1n) is 8.28. The molecule has 0 radical (unpaired) electrons. The third-order valence-electron chi connectivity index (χ3n) is 3.77. The van der Waals surface area contributed by atoms with E-state index >= 15 is 0 Å². The van der Waals surface area contributed by atoms with Crippen LogP contribution >= 0.6 is 23.4 Å². The van der Waals surface area contributed by atoms with Crippen LogP contribution in [0.15, 0.2) is 58.8 Å². The lowest BCUT2D eigenvalue weighted by Gasteiger charge is -2.16. The van der Waals surface area contributed by atoms with Gasteiger partial charge in [0.1, 0.15) is 12.1 Å². The van der Waals surface area contributed by atoms with Gasteiger partial charge in [0.2, 0.25) is 0 Å². The Labute approximate surface area is 166 Å². The molecule has 3 rings (SSSR count). The molecule has 0 aliphatic heterocycles. The molecule has 0 spiro atoms. The number of rotatable bonds is 6. The molecule has 0 saturated heterocycles. The summed E-state index contributed by atoms with van der Waals surface area (Å²) in [7, 11) is 1.86. The summed E-state index contributed by atoms with van der Waals surface area (Å²) in [5.41, 5.74) is 1.73. The van der Waals surface area contributed by atoms with E-state index < -0.39 is 6.10 Å². The second-order valence-electron chi connectivity index (χ2n) is 6.03. The number of aryl methyl sites for hydroxylation is 2. The number of ether oxygens (including phenoxy) is 1. The Morgan fingerprint density at radius 1 is 1.26 bits per heavy atom. The zero-order valence-electron chi connectivity index (χ0n) is 15.1. The van der Waals surface area contributed by atoms with Gasteiger partial charge in [0, 0.05) is 17.0 Å². The molecule has 0 unspecified atom stereocenters. The largest absolute Gasteiger partial charge is 0.481 e. The fourth-order valence-electron chi connectivity index (χ4n) is 2.26. The van der Waals surface area contributed by atoms with E-state index in [1.54, 1.807) is 30.0 Å². The first-order valence-corrected chi connectivity index (χ1v) is 9.47. The third-order valence-corrected chi connectivity index (χ3v) is 5.14. The summed E-state index contributed by atoms with van der Waals surface area (Å²) in [5, 5.41) is 12.0. The molecule has 1 atom stereocenters. The van der Waals surface area contributed by atoms with Gasteiger partial charge >= 0.3 is 0 Å². The molecule has 0 bridgehead atoms. The van der Waals surface area contributed by atoms with Crippen LogP contribution in [0.2, 0.25) is 5.02 Å². The number of nitrogens with one attached hydrogen (secondary N) is 1. The van der Waals surface area contributed by atoms with Gasteiger partial charge in [-0.15, -0.1) is 10.2 Å². The molecule has 1 aromatic heterocycles. The van der Waals surface area contributed by atoms with E-state index in [1.807, 2.05) is 44.3 Å². The molecule has 140 valence electrons. The molecular weight excluding hydrogens is 384 g/mol. The molecule has 6 nitrogen and oxygen atoms in total. The van der Waals surface area contributed by atoms with Crippen LogP contribution in [-0.4, -0.2) is 26.8 Å². The van der Waals surface area contributed by atoms with Crippen LogP contribution in [0.25, 0.3) is 0 Å². The number of amides is 1. The Balaban J connectivity index is 1.73. The van der Waals surface area contributed by atoms with Crippen LogP contribution in [0.1, 0.15) is 12.5 Å². The maximum Gasteiger partial charge on any atom is 0.265 e. The lowest BCUT2D eigenvalue weighted by atomic mass is 10.2. The maximum atomic E-state index is 12.6. The molecule has 8 heteroatoms. The van der Waals surface area contributed by atoms with Crippen molar-refractivity contribution in [3.8, 4) is 5.75 Å². The third kappa shape index (κ3) is 5.02. The van der Waals surface area contributed by atoms with Gasteiger partial charge in [-0.25, -0.2) is 0 Å². The molecule has 0 fully saturated rings. The molecule has 0 saturated carbocycles. The monoisotopic (exact) mass is 402 g/mol. The minimum Gasteiger partial charge on any atom is -0.481 e. The minimum absolute atomic E-state index is 0.266. The average molecular weight is 403 g/mol. The van der Waals surface area contributed by atoms with Gasteiger partial charge in [-0.05, 0) is 55.9 Å². The smallest absolute Gasteiger partial charge is 0.265 e. The van der Waals surface area contributed by atoms with Crippen LogP contribution < -0.4 is 10.1 Å². The van der Waals surface area contributed by atoms with Crippen molar-refractivity contribution < 1.29 is 9.53 Å². The molecule has 0 aliphatic carbocycles. The fourth-order valence-corrected chi connectivity index (χ4v) is 3.26. The van der Waals surface area contributed by atoms with E-state index in [-0.39, 0.29) is 5.91 Å². The first-order chi connectivity index (χ1) is 12.9. The predicted molar refractivity (Wildman–Crippen MR) is 106 cm³/mol. The van der Waals surface area contributed by atoms with Gasteiger partial charge < -0.3 is 14.6 Å². The summed E-state index contributed by atoms with van der Waals surface area (Å²) in [6.45, 7) is 3.70. The van der Waals surface area contributed by atoms with Gasteiger partial charge in [0.15, 0.2) is 11.3 Å². The van der Waals surface area contributed by atoms with Crippen molar-refractivity contribution in [2.75, 3.05) is 5.32 Å². The molecule has 27 heavy (non-hydrogen) atoms. The number of benzene rings is 2.